The highest BCUT2D eigenvalue weighted by atomic mass is 16.6. The zero-order valence-corrected chi connectivity index (χ0v) is 29.6. The summed E-state index contributed by atoms with van der Waals surface area (Å²) < 4.78 is 11.9. The molecule has 0 radical (unpaired) electrons. The van der Waals surface area contributed by atoms with Gasteiger partial charge in [0.15, 0.2) is 6.29 Å². The van der Waals surface area contributed by atoms with Crippen molar-refractivity contribution >= 4 is 6.29 Å². The molecule has 2 atom stereocenters. The molecule has 0 aliphatic rings. The summed E-state index contributed by atoms with van der Waals surface area (Å²) in [6, 6.07) is 0. The summed E-state index contributed by atoms with van der Waals surface area (Å²) in [5, 5.41) is 9.83. The van der Waals surface area contributed by atoms with Gasteiger partial charge in [0.2, 0.25) is 0 Å². The molecule has 0 aliphatic heterocycles. The number of hydrogen-bond donors (Lipinski definition) is 1. The van der Waals surface area contributed by atoms with Crippen molar-refractivity contribution < 1.29 is 19.4 Å². The fourth-order valence-electron chi connectivity index (χ4n) is 5.82. The fraction of sp³-hybridized carbons (Fsp3) is 0.974. The second-order valence-corrected chi connectivity index (χ2v) is 13.4. The van der Waals surface area contributed by atoms with E-state index >= 15 is 0 Å². The van der Waals surface area contributed by atoms with Crippen molar-refractivity contribution in [3.63, 3.8) is 0 Å². The third-order valence-corrected chi connectivity index (χ3v) is 8.97. The first-order valence-corrected chi connectivity index (χ1v) is 19.1. The molecule has 258 valence electrons. The predicted molar refractivity (Wildman–Crippen MR) is 186 cm³/mol. The Kier molecular flexibility index (Phi) is 34.0. The van der Waals surface area contributed by atoms with Crippen LogP contribution in [0.15, 0.2) is 0 Å². The van der Waals surface area contributed by atoms with Crippen LogP contribution in [-0.2, 0) is 14.3 Å². The average molecular weight is 612 g/mol. The summed E-state index contributed by atoms with van der Waals surface area (Å²) in [7, 11) is 2.26. The maximum Gasteiger partial charge on any atom is 0.157 e. The summed E-state index contributed by atoms with van der Waals surface area (Å²) >= 11 is 0. The Balaban J connectivity index is 3.69. The molecule has 0 saturated heterocycles. The van der Waals surface area contributed by atoms with Gasteiger partial charge in [0, 0.05) is 25.6 Å². The van der Waals surface area contributed by atoms with E-state index in [4.69, 9.17) is 9.47 Å². The van der Waals surface area contributed by atoms with Gasteiger partial charge >= 0.3 is 0 Å². The molecular formula is C38H77NO4. The molecule has 0 aromatic rings. The Morgan fingerprint density at radius 2 is 0.977 bits per heavy atom. The monoisotopic (exact) mass is 612 g/mol. The van der Waals surface area contributed by atoms with Gasteiger partial charge in [-0.25, -0.2) is 0 Å². The molecule has 0 aromatic carbocycles. The highest BCUT2D eigenvalue weighted by Gasteiger charge is 2.13. The van der Waals surface area contributed by atoms with E-state index in [-0.39, 0.29) is 5.92 Å². The average Bonchev–Trinajstić information content (AvgIpc) is 3.00. The van der Waals surface area contributed by atoms with E-state index in [0.29, 0.717) is 19.1 Å². The van der Waals surface area contributed by atoms with E-state index in [1.807, 2.05) is 6.92 Å². The van der Waals surface area contributed by atoms with Gasteiger partial charge in [-0.3, -0.25) is 0 Å². The summed E-state index contributed by atoms with van der Waals surface area (Å²) in [6.45, 7) is 10.4. The van der Waals surface area contributed by atoms with Crippen LogP contribution in [0.25, 0.3) is 0 Å². The molecule has 0 aliphatic carbocycles. The Morgan fingerprint density at radius 3 is 1.44 bits per heavy atom. The number of carbonyl (C=O) groups is 1. The number of hydrogen-bond acceptors (Lipinski definition) is 5. The largest absolute Gasteiger partial charge is 0.378 e. The van der Waals surface area contributed by atoms with Crippen molar-refractivity contribution in [2.75, 3.05) is 33.4 Å². The fourth-order valence-corrected chi connectivity index (χ4v) is 5.82. The van der Waals surface area contributed by atoms with E-state index in [9.17, 15) is 9.90 Å². The number of rotatable bonds is 36. The molecule has 0 fully saturated rings. The van der Waals surface area contributed by atoms with E-state index < -0.39 is 6.29 Å². The molecule has 2 unspecified atom stereocenters. The minimum Gasteiger partial charge on any atom is -0.378 e. The number of ether oxygens (including phenoxy) is 2. The Hall–Kier alpha value is -0.490. The van der Waals surface area contributed by atoms with Crippen LogP contribution in [-0.4, -0.2) is 62.0 Å². The first kappa shape index (κ1) is 42.5. The minimum absolute atomic E-state index is 0.121. The van der Waals surface area contributed by atoms with Gasteiger partial charge < -0.3 is 24.3 Å². The lowest BCUT2D eigenvalue weighted by molar-refractivity contribution is -0.137. The van der Waals surface area contributed by atoms with Gasteiger partial charge in [0.1, 0.15) is 6.29 Å². The predicted octanol–water partition coefficient (Wildman–Crippen LogP) is 10.7. The zero-order valence-electron chi connectivity index (χ0n) is 29.6. The lowest BCUT2D eigenvalue weighted by Crippen LogP contribution is -2.22. The molecular weight excluding hydrogens is 534 g/mol. The first-order valence-electron chi connectivity index (χ1n) is 19.1. The Labute approximate surface area is 269 Å². The van der Waals surface area contributed by atoms with Crippen molar-refractivity contribution in [2.24, 2.45) is 5.92 Å². The number of nitrogens with zero attached hydrogens (tertiary/aromatic N) is 1. The van der Waals surface area contributed by atoms with Crippen LogP contribution in [0.2, 0.25) is 0 Å². The standard InChI is InChI=1S/C38H77NO4/c1-5-7-9-11-16-22-28-37(29-23-17-12-10-8-6-2)42-34-26-20-14-13-18-24-31-39(4)32-25-19-15-21-27-35-43-38(41)36(3)30-33-40/h33,36-38,41H,5-32,34-35H2,1-4H3. The third-order valence-electron chi connectivity index (χ3n) is 8.97. The molecule has 1 N–H and O–H groups in total. The van der Waals surface area contributed by atoms with Crippen LogP contribution in [0.4, 0.5) is 0 Å². The minimum atomic E-state index is -0.815. The van der Waals surface area contributed by atoms with Gasteiger partial charge in [-0.15, -0.1) is 0 Å². The quantitative estimate of drug-likeness (QED) is 0.0434. The molecule has 0 amide bonds. The maximum atomic E-state index is 10.5. The van der Waals surface area contributed by atoms with Crippen molar-refractivity contribution in [1.82, 2.24) is 4.90 Å². The van der Waals surface area contributed by atoms with Crippen molar-refractivity contribution in [2.45, 2.75) is 200 Å². The molecule has 0 spiro atoms. The second-order valence-electron chi connectivity index (χ2n) is 13.4. The highest BCUT2D eigenvalue weighted by Crippen LogP contribution is 2.18. The van der Waals surface area contributed by atoms with Crippen LogP contribution in [0.1, 0.15) is 188 Å². The molecule has 0 heterocycles. The third kappa shape index (κ3) is 31.3. The highest BCUT2D eigenvalue weighted by molar-refractivity contribution is 5.49. The number of carbonyl (C=O) groups excluding carboxylic acids is 1. The van der Waals surface area contributed by atoms with Gasteiger partial charge in [-0.2, -0.15) is 0 Å². The maximum absolute atomic E-state index is 10.5. The van der Waals surface area contributed by atoms with Crippen LogP contribution in [0, 0.1) is 5.92 Å². The van der Waals surface area contributed by atoms with E-state index in [1.165, 1.54) is 161 Å². The van der Waals surface area contributed by atoms with E-state index in [1.54, 1.807) is 0 Å². The number of unbranched alkanes of at least 4 members (excludes halogenated alkanes) is 19. The Morgan fingerprint density at radius 1 is 0.581 bits per heavy atom. The molecule has 5 heteroatoms. The molecule has 43 heavy (non-hydrogen) atoms. The topological polar surface area (TPSA) is 59.0 Å². The molecule has 0 saturated carbocycles. The lowest BCUT2D eigenvalue weighted by atomic mass is 10.0. The SMILES string of the molecule is CCCCCCCCC(CCCCCCCC)OCCCCCCCCN(C)CCCCCCCOC(O)C(C)CC=O. The van der Waals surface area contributed by atoms with Crippen LogP contribution in [0.5, 0.6) is 0 Å². The first-order chi connectivity index (χ1) is 21.0. The van der Waals surface area contributed by atoms with Crippen LogP contribution < -0.4 is 0 Å². The second kappa shape index (κ2) is 34.4. The van der Waals surface area contributed by atoms with Gasteiger partial charge in [-0.1, -0.05) is 143 Å². The van der Waals surface area contributed by atoms with Gasteiger partial charge in [0.25, 0.3) is 0 Å². The summed E-state index contributed by atoms with van der Waals surface area (Å²) in [4.78, 5) is 13.0. The smallest absolute Gasteiger partial charge is 0.157 e. The summed E-state index contributed by atoms with van der Waals surface area (Å²) in [6.07, 6.45) is 33.8. The summed E-state index contributed by atoms with van der Waals surface area (Å²) in [5.74, 6) is -0.121. The Bertz CT molecular complexity index is 530. The van der Waals surface area contributed by atoms with E-state index in [0.717, 1.165) is 25.7 Å². The van der Waals surface area contributed by atoms with Crippen molar-refractivity contribution in [3.8, 4) is 0 Å². The van der Waals surface area contributed by atoms with Gasteiger partial charge in [-0.05, 0) is 58.7 Å². The zero-order chi connectivity index (χ0) is 31.6. The van der Waals surface area contributed by atoms with Crippen LogP contribution in [0.3, 0.4) is 0 Å². The molecule has 0 bridgehead atoms. The normalized spacial score (nSPS) is 13.3. The van der Waals surface area contributed by atoms with Crippen molar-refractivity contribution in [3.05, 3.63) is 0 Å². The van der Waals surface area contributed by atoms with E-state index in [2.05, 4.69) is 25.8 Å². The molecule has 5 nitrogen and oxygen atoms in total. The van der Waals surface area contributed by atoms with Gasteiger partial charge in [0.05, 0.1) is 6.10 Å². The molecule has 0 rings (SSSR count). The number of aldehydes is 1. The number of aliphatic hydroxyl groups excluding tert-OH is 1. The number of aliphatic hydroxyl groups is 1. The summed E-state index contributed by atoms with van der Waals surface area (Å²) in [5.41, 5.74) is 0. The lowest BCUT2D eigenvalue weighted by Gasteiger charge is -2.18. The van der Waals surface area contributed by atoms with Crippen molar-refractivity contribution in [1.29, 1.82) is 0 Å². The van der Waals surface area contributed by atoms with Crippen LogP contribution >= 0.6 is 0 Å². The molecule has 0 aromatic heterocycles.